The molecule has 3 N–H and O–H groups in total. The van der Waals surface area contributed by atoms with Crippen molar-refractivity contribution in [2.45, 2.75) is 17.6 Å². The van der Waals surface area contributed by atoms with Gasteiger partial charge in [-0.1, -0.05) is 11.6 Å². The number of hydrogen-bond acceptors (Lipinski definition) is 5. The maximum absolute atomic E-state index is 12.5. The SMILES string of the molecule is COc1cc(N)c(Cl)cc1C(=O)NCC1(SC)CCOCC1. The maximum atomic E-state index is 12.5. The van der Waals surface area contributed by atoms with Crippen molar-refractivity contribution in [3.05, 3.63) is 22.7 Å². The van der Waals surface area contributed by atoms with Crippen molar-refractivity contribution in [1.82, 2.24) is 5.32 Å². The van der Waals surface area contributed by atoms with Crippen LogP contribution in [0.15, 0.2) is 12.1 Å². The average molecular weight is 345 g/mol. The first kappa shape index (κ1) is 17.2. The minimum absolute atomic E-state index is 0.0265. The molecule has 1 heterocycles. The molecule has 1 aromatic carbocycles. The Bertz CT molecular complexity index is 548. The lowest BCUT2D eigenvalue weighted by Gasteiger charge is -2.35. The fourth-order valence-corrected chi connectivity index (χ4v) is 3.40. The van der Waals surface area contributed by atoms with Gasteiger partial charge in [0.2, 0.25) is 0 Å². The molecule has 1 aromatic rings. The zero-order chi connectivity index (χ0) is 16.2. The van der Waals surface area contributed by atoms with Gasteiger partial charge in [0.15, 0.2) is 0 Å². The lowest BCUT2D eigenvalue weighted by Crippen LogP contribution is -2.44. The van der Waals surface area contributed by atoms with E-state index in [1.165, 1.54) is 7.11 Å². The predicted molar refractivity (Wildman–Crippen MR) is 91.0 cm³/mol. The molecular formula is C15H21ClN2O3S. The van der Waals surface area contributed by atoms with E-state index in [9.17, 15) is 4.79 Å². The van der Waals surface area contributed by atoms with E-state index in [2.05, 4.69) is 11.6 Å². The van der Waals surface area contributed by atoms with E-state index in [0.29, 0.717) is 28.6 Å². The van der Waals surface area contributed by atoms with Gasteiger partial charge in [0, 0.05) is 30.6 Å². The number of carbonyl (C=O) groups excluding carboxylic acids is 1. The lowest BCUT2D eigenvalue weighted by atomic mass is 9.99. The third kappa shape index (κ3) is 3.80. The Morgan fingerprint density at radius 3 is 2.77 bits per heavy atom. The number of carbonyl (C=O) groups is 1. The molecule has 0 saturated carbocycles. The summed E-state index contributed by atoms with van der Waals surface area (Å²) in [5, 5.41) is 3.33. The lowest BCUT2D eigenvalue weighted by molar-refractivity contribution is 0.0741. The highest BCUT2D eigenvalue weighted by Crippen LogP contribution is 2.33. The smallest absolute Gasteiger partial charge is 0.255 e. The standard InChI is InChI=1S/C15H21ClN2O3S/c1-20-13-8-12(17)11(16)7-10(13)14(19)18-9-15(22-2)3-5-21-6-4-15/h7-8H,3-6,9,17H2,1-2H3,(H,18,19). The van der Waals surface area contributed by atoms with Crippen molar-refractivity contribution in [2.75, 3.05) is 38.9 Å². The highest BCUT2D eigenvalue weighted by atomic mass is 35.5. The van der Waals surface area contributed by atoms with Crippen LogP contribution in [-0.2, 0) is 4.74 Å². The molecule has 122 valence electrons. The molecule has 5 nitrogen and oxygen atoms in total. The molecule has 2 rings (SSSR count). The number of benzene rings is 1. The van der Waals surface area contributed by atoms with Crippen molar-refractivity contribution in [2.24, 2.45) is 0 Å². The topological polar surface area (TPSA) is 73.6 Å². The van der Waals surface area contributed by atoms with Crippen LogP contribution >= 0.6 is 23.4 Å². The Hall–Kier alpha value is -1.11. The van der Waals surface area contributed by atoms with Crippen molar-refractivity contribution in [3.63, 3.8) is 0 Å². The summed E-state index contributed by atoms with van der Waals surface area (Å²) in [6, 6.07) is 3.11. The number of methoxy groups -OCH3 is 1. The summed E-state index contributed by atoms with van der Waals surface area (Å²) in [4.78, 5) is 12.5. The molecule has 0 bridgehead atoms. The number of ether oxygens (including phenoxy) is 2. The number of anilines is 1. The molecule has 0 spiro atoms. The minimum atomic E-state index is -0.210. The van der Waals surface area contributed by atoms with Gasteiger partial charge < -0.3 is 20.5 Å². The van der Waals surface area contributed by atoms with Crippen molar-refractivity contribution >= 4 is 35.0 Å². The predicted octanol–water partition coefficient (Wildman–Crippen LogP) is 2.57. The number of amides is 1. The molecule has 0 radical (unpaired) electrons. The molecule has 7 heteroatoms. The van der Waals surface area contributed by atoms with E-state index in [0.717, 1.165) is 26.1 Å². The molecule has 0 aliphatic carbocycles. The van der Waals surface area contributed by atoms with Gasteiger partial charge in [0.05, 0.1) is 23.4 Å². The fraction of sp³-hybridized carbons (Fsp3) is 0.533. The van der Waals surface area contributed by atoms with Gasteiger partial charge in [-0.2, -0.15) is 11.8 Å². The van der Waals surface area contributed by atoms with E-state index < -0.39 is 0 Å². The zero-order valence-electron chi connectivity index (χ0n) is 12.8. The number of nitrogen functional groups attached to an aromatic ring is 1. The largest absolute Gasteiger partial charge is 0.496 e. The Morgan fingerprint density at radius 1 is 1.50 bits per heavy atom. The normalized spacial score (nSPS) is 17.0. The van der Waals surface area contributed by atoms with Crippen LogP contribution in [0.3, 0.4) is 0 Å². The maximum Gasteiger partial charge on any atom is 0.255 e. The molecule has 1 fully saturated rings. The fourth-order valence-electron chi connectivity index (χ4n) is 2.45. The molecule has 1 amide bonds. The van der Waals surface area contributed by atoms with E-state index in [1.54, 1.807) is 23.9 Å². The molecule has 1 aliphatic rings. The highest BCUT2D eigenvalue weighted by Gasteiger charge is 2.32. The van der Waals surface area contributed by atoms with Crippen LogP contribution in [0.4, 0.5) is 5.69 Å². The summed E-state index contributed by atoms with van der Waals surface area (Å²) < 4.78 is 10.7. The van der Waals surface area contributed by atoms with Crippen LogP contribution in [0.1, 0.15) is 23.2 Å². The second kappa shape index (κ2) is 7.44. The van der Waals surface area contributed by atoms with Gasteiger partial charge in [0.25, 0.3) is 5.91 Å². The Morgan fingerprint density at radius 2 is 2.18 bits per heavy atom. The summed E-state index contributed by atoms with van der Waals surface area (Å²) in [5.74, 6) is 0.211. The van der Waals surface area contributed by atoms with Gasteiger partial charge in [-0.05, 0) is 25.2 Å². The van der Waals surface area contributed by atoms with Crippen LogP contribution in [0.2, 0.25) is 5.02 Å². The minimum Gasteiger partial charge on any atom is -0.496 e. The second-order valence-corrected chi connectivity index (χ2v) is 6.94. The molecule has 1 aliphatic heterocycles. The number of hydrogen-bond donors (Lipinski definition) is 2. The molecular weight excluding hydrogens is 324 g/mol. The third-order valence-corrected chi connectivity index (χ3v) is 5.72. The highest BCUT2D eigenvalue weighted by molar-refractivity contribution is 8.00. The summed E-state index contributed by atoms with van der Waals surface area (Å²) in [6.07, 6.45) is 3.92. The molecule has 0 atom stereocenters. The number of rotatable bonds is 5. The van der Waals surface area contributed by atoms with Crippen LogP contribution in [0.5, 0.6) is 5.75 Å². The zero-order valence-corrected chi connectivity index (χ0v) is 14.4. The molecule has 1 saturated heterocycles. The van der Waals surface area contributed by atoms with Gasteiger partial charge in [-0.15, -0.1) is 0 Å². The van der Waals surface area contributed by atoms with Gasteiger partial charge in [-0.3, -0.25) is 4.79 Å². The van der Waals surface area contributed by atoms with Crippen LogP contribution in [0.25, 0.3) is 0 Å². The molecule has 0 aromatic heterocycles. The van der Waals surface area contributed by atoms with Crippen LogP contribution < -0.4 is 15.8 Å². The first-order chi connectivity index (χ1) is 10.5. The summed E-state index contributed by atoms with van der Waals surface area (Å²) in [7, 11) is 1.50. The van der Waals surface area contributed by atoms with E-state index in [-0.39, 0.29) is 10.7 Å². The Balaban J connectivity index is 2.10. The third-order valence-electron chi connectivity index (χ3n) is 3.97. The quantitative estimate of drug-likeness (QED) is 0.803. The molecule has 0 unspecified atom stereocenters. The second-order valence-electron chi connectivity index (χ2n) is 5.26. The van der Waals surface area contributed by atoms with Gasteiger partial charge in [0.1, 0.15) is 5.75 Å². The van der Waals surface area contributed by atoms with Crippen molar-refractivity contribution in [1.29, 1.82) is 0 Å². The first-order valence-corrected chi connectivity index (χ1v) is 8.66. The summed E-state index contributed by atoms with van der Waals surface area (Å²) in [5.41, 5.74) is 6.52. The van der Waals surface area contributed by atoms with Crippen molar-refractivity contribution in [3.8, 4) is 5.75 Å². The number of nitrogens with two attached hydrogens (primary N) is 1. The average Bonchev–Trinajstić information content (AvgIpc) is 2.55. The Labute approximate surface area is 139 Å². The number of nitrogens with one attached hydrogen (secondary N) is 1. The van der Waals surface area contributed by atoms with E-state index in [4.69, 9.17) is 26.8 Å². The number of halogens is 1. The monoisotopic (exact) mass is 344 g/mol. The summed E-state index contributed by atoms with van der Waals surface area (Å²) >= 11 is 7.78. The van der Waals surface area contributed by atoms with E-state index in [1.807, 2.05) is 0 Å². The molecule has 22 heavy (non-hydrogen) atoms. The first-order valence-electron chi connectivity index (χ1n) is 7.05. The van der Waals surface area contributed by atoms with Gasteiger partial charge >= 0.3 is 0 Å². The summed E-state index contributed by atoms with van der Waals surface area (Å²) in [6.45, 7) is 2.04. The van der Waals surface area contributed by atoms with Crippen molar-refractivity contribution < 1.29 is 14.3 Å². The Kier molecular flexibility index (Phi) is 5.83. The van der Waals surface area contributed by atoms with Crippen LogP contribution in [-0.4, -0.2) is 43.8 Å². The van der Waals surface area contributed by atoms with Gasteiger partial charge in [-0.25, -0.2) is 0 Å². The number of thioether (sulfide) groups is 1. The van der Waals surface area contributed by atoms with E-state index >= 15 is 0 Å². The van der Waals surface area contributed by atoms with Crippen LogP contribution in [0, 0.1) is 0 Å².